The van der Waals surface area contributed by atoms with Crippen LogP contribution >= 0.6 is 0 Å². The number of nitrogens with two attached hydrogens (primary N) is 2. The quantitative estimate of drug-likeness (QED) is 0.344. The number of ether oxygens (including phenoxy) is 2. The molecule has 4 aromatic carbocycles. The minimum absolute atomic E-state index is 0.238. The van der Waals surface area contributed by atoms with Crippen LogP contribution in [-0.4, -0.2) is 4.21 Å². The van der Waals surface area contributed by atoms with Crippen molar-refractivity contribution in [2.75, 3.05) is 11.5 Å². The minimum atomic E-state index is -2.18. The van der Waals surface area contributed by atoms with Gasteiger partial charge in [0.25, 0.3) is 0 Å². The van der Waals surface area contributed by atoms with Crippen LogP contribution in [0.3, 0.4) is 0 Å². The Morgan fingerprint density at radius 2 is 0.938 bits per heavy atom. The van der Waals surface area contributed by atoms with Crippen molar-refractivity contribution >= 4 is 22.7 Å². The van der Waals surface area contributed by atoms with Gasteiger partial charge in [0.2, 0.25) is 0 Å². The first-order chi connectivity index (χ1) is 15.6. The fourth-order valence-electron chi connectivity index (χ4n) is 2.78. The lowest BCUT2D eigenvalue weighted by molar-refractivity contribution is 0.412. The summed E-state index contributed by atoms with van der Waals surface area (Å²) < 4.78 is 35.3. The fourth-order valence-corrected chi connectivity index (χ4v) is 3.38. The molecule has 0 saturated heterocycles. The van der Waals surface area contributed by atoms with Gasteiger partial charge in [0.15, 0.2) is 23.0 Å². The highest BCUT2D eigenvalue weighted by atomic mass is 32.2. The van der Waals surface area contributed by atoms with E-state index in [2.05, 4.69) is 0 Å². The molecule has 0 aromatic heterocycles. The van der Waals surface area contributed by atoms with Gasteiger partial charge in [-0.15, -0.1) is 0 Å². The normalized spacial score (nSPS) is 10.5. The molecule has 4 rings (SSSR count). The molecule has 0 heterocycles. The molecule has 32 heavy (non-hydrogen) atoms. The summed E-state index contributed by atoms with van der Waals surface area (Å²) in [7, 11) is 0. The van der Waals surface area contributed by atoms with E-state index in [1.807, 2.05) is 0 Å². The van der Waals surface area contributed by atoms with Crippen molar-refractivity contribution in [2.45, 2.75) is 0 Å². The number of hydrogen-bond donors (Lipinski definition) is 2. The van der Waals surface area contributed by atoms with Gasteiger partial charge in [-0.2, -0.15) is 4.21 Å². The van der Waals surface area contributed by atoms with Crippen LogP contribution in [0.1, 0.15) is 0 Å². The van der Waals surface area contributed by atoms with Crippen molar-refractivity contribution in [3.05, 3.63) is 97.1 Å². The predicted octanol–water partition coefficient (Wildman–Crippen LogP) is 5.47. The molecular formula is C24H20N2O5S. The SMILES string of the molecule is Nc1cccc(Oc2ccccc2OS(=O)Oc2ccccc2Oc2cccc(N)c2)c1. The van der Waals surface area contributed by atoms with E-state index >= 15 is 0 Å². The number of anilines is 2. The van der Waals surface area contributed by atoms with E-state index in [9.17, 15) is 4.21 Å². The van der Waals surface area contributed by atoms with Crippen molar-refractivity contribution in [3.8, 4) is 34.5 Å². The van der Waals surface area contributed by atoms with Crippen LogP contribution in [0.4, 0.5) is 11.4 Å². The van der Waals surface area contributed by atoms with E-state index in [-0.39, 0.29) is 11.5 Å². The van der Waals surface area contributed by atoms with Gasteiger partial charge in [-0.3, -0.25) is 0 Å². The van der Waals surface area contributed by atoms with Gasteiger partial charge in [-0.05, 0) is 48.5 Å². The molecule has 162 valence electrons. The van der Waals surface area contributed by atoms with Crippen molar-refractivity contribution < 1.29 is 22.0 Å². The van der Waals surface area contributed by atoms with E-state index in [1.54, 1.807) is 97.1 Å². The zero-order valence-corrected chi connectivity index (χ0v) is 17.7. The van der Waals surface area contributed by atoms with E-state index in [0.29, 0.717) is 34.4 Å². The average molecular weight is 449 g/mol. The second-order valence-corrected chi connectivity index (χ2v) is 7.35. The summed E-state index contributed by atoms with van der Waals surface area (Å²) in [6, 6.07) is 27.5. The third kappa shape index (κ3) is 5.50. The number of para-hydroxylation sites is 4. The third-order valence-corrected chi connectivity index (χ3v) is 4.82. The Balaban J connectivity index is 1.48. The van der Waals surface area contributed by atoms with Gasteiger partial charge in [-0.1, -0.05) is 36.4 Å². The zero-order chi connectivity index (χ0) is 22.3. The van der Waals surface area contributed by atoms with Crippen LogP contribution in [0.15, 0.2) is 97.1 Å². The summed E-state index contributed by atoms with van der Waals surface area (Å²) in [5.74, 6) is 2.24. The number of rotatable bonds is 8. The van der Waals surface area contributed by atoms with Gasteiger partial charge < -0.3 is 29.3 Å². The summed E-state index contributed by atoms with van der Waals surface area (Å²) in [6.45, 7) is 0. The van der Waals surface area contributed by atoms with E-state index < -0.39 is 11.4 Å². The molecule has 0 amide bonds. The molecule has 0 aliphatic rings. The second-order valence-electron chi connectivity index (χ2n) is 6.61. The summed E-state index contributed by atoms with van der Waals surface area (Å²) >= 11 is -2.18. The Bertz CT molecular complexity index is 1150. The molecule has 7 nitrogen and oxygen atoms in total. The second kappa shape index (κ2) is 9.76. The largest absolute Gasteiger partial charge is 0.453 e. The number of hydrogen-bond acceptors (Lipinski definition) is 7. The van der Waals surface area contributed by atoms with Crippen molar-refractivity contribution in [1.29, 1.82) is 0 Å². The first-order valence-electron chi connectivity index (χ1n) is 9.60. The lowest BCUT2D eigenvalue weighted by Crippen LogP contribution is -2.09. The average Bonchev–Trinajstić information content (AvgIpc) is 2.77. The Kier molecular flexibility index (Phi) is 6.43. The van der Waals surface area contributed by atoms with Crippen molar-refractivity contribution in [2.24, 2.45) is 0 Å². The summed E-state index contributed by atoms with van der Waals surface area (Å²) in [5, 5.41) is 0. The number of benzene rings is 4. The molecular weight excluding hydrogens is 428 g/mol. The Labute approximate surface area is 188 Å². The number of nitrogen functional groups attached to an aromatic ring is 2. The molecule has 4 aromatic rings. The molecule has 8 heteroatoms. The first kappa shape index (κ1) is 21.1. The Hall–Kier alpha value is -4.17. The highest BCUT2D eigenvalue weighted by Crippen LogP contribution is 2.35. The summed E-state index contributed by atoms with van der Waals surface area (Å²) in [5.41, 5.74) is 12.7. The monoisotopic (exact) mass is 448 g/mol. The van der Waals surface area contributed by atoms with Crippen LogP contribution in [-0.2, 0) is 11.4 Å². The van der Waals surface area contributed by atoms with Crippen LogP contribution in [0.25, 0.3) is 0 Å². The topological polar surface area (TPSA) is 106 Å². The molecule has 0 unspecified atom stereocenters. The minimum Gasteiger partial charge on any atom is -0.453 e. The van der Waals surface area contributed by atoms with Gasteiger partial charge in [0.1, 0.15) is 11.5 Å². The zero-order valence-electron chi connectivity index (χ0n) is 16.8. The van der Waals surface area contributed by atoms with E-state index in [0.717, 1.165) is 0 Å². The maximum atomic E-state index is 12.6. The Morgan fingerprint density at radius 3 is 1.34 bits per heavy atom. The van der Waals surface area contributed by atoms with Crippen LogP contribution < -0.4 is 29.3 Å². The maximum absolute atomic E-state index is 12.6. The molecule has 0 saturated carbocycles. The standard InChI is InChI=1S/C24H20N2O5S/c25-17-7-5-9-19(15-17)28-21-11-1-3-13-23(21)30-32(27)31-24-14-4-2-12-22(24)29-20-10-6-8-18(26)16-20/h1-16H,25-26H2. The van der Waals surface area contributed by atoms with E-state index in [1.165, 1.54) is 0 Å². The molecule has 0 radical (unpaired) electrons. The lowest BCUT2D eigenvalue weighted by atomic mass is 10.3. The van der Waals surface area contributed by atoms with Crippen molar-refractivity contribution in [3.63, 3.8) is 0 Å². The maximum Gasteiger partial charge on any atom is 0.417 e. The van der Waals surface area contributed by atoms with Crippen molar-refractivity contribution in [1.82, 2.24) is 0 Å². The van der Waals surface area contributed by atoms with Gasteiger partial charge in [-0.25, -0.2) is 0 Å². The predicted molar refractivity (Wildman–Crippen MR) is 124 cm³/mol. The highest BCUT2D eigenvalue weighted by Gasteiger charge is 2.15. The highest BCUT2D eigenvalue weighted by molar-refractivity contribution is 7.76. The van der Waals surface area contributed by atoms with Gasteiger partial charge in [0.05, 0.1) is 0 Å². The Morgan fingerprint density at radius 1 is 0.531 bits per heavy atom. The molecule has 0 aliphatic carbocycles. The molecule has 4 N–H and O–H groups in total. The first-order valence-corrected chi connectivity index (χ1v) is 10.6. The smallest absolute Gasteiger partial charge is 0.417 e. The van der Waals surface area contributed by atoms with Crippen LogP contribution in [0.5, 0.6) is 34.5 Å². The molecule has 0 atom stereocenters. The molecule has 0 spiro atoms. The molecule has 0 fully saturated rings. The summed E-state index contributed by atoms with van der Waals surface area (Å²) in [4.78, 5) is 0. The fraction of sp³-hybridized carbons (Fsp3) is 0. The van der Waals surface area contributed by atoms with Crippen LogP contribution in [0, 0.1) is 0 Å². The van der Waals surface area contributed by atoms with E-state index in [4.69, 9.17) is 29.3 Å². The molecule has 0 aliphatic heterocycles. The lowest BCUT2D eigenvalue weighted by Gasteiger charge is -2.13. The van der Waals surface area contributed by atoms with Gasteiger partial charge >= 0.3 is 11.4 Å². The summed E-state index contributed by atoms with van der Waals surface area (Å²) in [6.07, 6.45) is 0. The third-order valence-electron chi connectivity index (χ3n) is 4.19. The van der Waals surface area contributed by atoms with Gasteiger partial charge in [0, 0.05) is 23.5 Å². The van der Waals surface area contributed by atoms with Crippen LogP contribution in [0.2, 0.25) is 0 Å². The molecule has 0 bridgehead atoms.